The minimum Gasteiger partial charge on any atom is -0.376 e. The van der Waals surface area contributed by atoms with Crippen molar-refractivity contribution in [1.29, 1.82) is 0 Å². The molecule has 77 heavy (non-hydrogen) atoms. The molecule has 0 heterocycles. The lowest BCUT2D eigenvalue weighted by Gasteiger charge is -2.33. The molecule has 0 radical (unpaired) electrons. The lowest BCUT2D eigenvalue weighted by molar-refractivity contribution is -0.0835. The van der Waals surface area contributed by atoms with E-state index in [0.717, 1.165) is 57.2 Å². The fraction of sp³-hybridized carbons (Fsp3) is 1.00. The average molecular weight is 1180 g/mol. The molecule has 0 amide bonds. The van der Waals surface area contributed by atoms with Gasteiger partial charge in [0.25, 0.3) is 0 Å². The molecule has 0 aromatic rings. The van der Waals surface area contributed by atoms with Gasteiger partial charge >= 0.3 is 0 Å². The molecule has 0 aliphatic rings. The fourth-order valence-electron chi connectivity index (χ4n) is 6.56. The summed E-state index contributed by atoms with van der Waals surface area (Å²) in [6, 6.07) is 0. The lowest BCUT2D eigenvalue weighted by atomic mass is 9.72. The molecule has 9 heteroatoms. The highest BCUT2D eigenvalue weighted by molar-refractivity contribution is 8.01. The Labute approximate surface area is 504 Å². The summed E-state index contributed by atoms with van der Waals surface area (Å²) >= 11 is 4.07. The molecule has 0 aromatic heterocycles. The van der Waals surface area contributed by atoms with E-state index in [2.05, 4.69) is 233 Å². The monoisotopic (exact) mass is 1180 g/mol. The van der Waals surface area contributed by atoms with Crippen molar-refractivity contribution < 1.29 is 22.1 Å². The number of hydrogen-bond acceptors (Lipinski definition) is 7. The number of hydrogen-bond donors (Lipinski definition) is 0. The first-order valence-electron chi connectivity index (χ1n) is 31.1. The van der Waals surface area contributed by atoms with Crippen LogP contribution in [0.15, 0.2) is 0 Å². The van der Waals surface area contributed by atoms with Gasteiger partial charge in [0, 0.05) is 26.0 Å². The van der Waals surface area contributed by atoms with Crippen molar-refractivity contribution in [3.63, 3.8) is 0 Å². The third kappa shape index (κ3) is 70.9. The van der Waals surface area contributed by atoms with E-state index < -0.39 is 20.6 Å². The van der Waals surface area contributed by atoms with Crippen molar-refractivity contribution in [2.75, 3.05) is 0 Å². The first kappa shape index (κ1) is 96.9. The van der Waals surface area contributed by atoms with E-state index >= 15 is 0 Å². The number of ether oxygens (including phenoxy) is 2. The maximum Gasteiger partial charge on any atom is 0.154 e. The van der Waals surface area contributed by atoms with E-state index in [1.165, 1.54) is 12.8 Å². The Morgan fingerprint density at radius 1 is 0.403 bits per heavy atom. The van der Waals surface area contributed by atoms with Gasteiger partial charge in [-0.05, 0) is 170 Å². The van der Waals surface area contributed by atoms with Crippen molar-refractivity contribution in [3.05, 3.63) is 0 Å². The van der Waals surface area contributed by atoms with Crippen LogP contribution in [0.5, 0.6) is 0 Å². The van der Waals surface area contributed by atoms with Crippen molar-refractivity contribution in [1.82, 2.24) is 0 Å². The predicted molar refractivity (Wildman–Crippen MR) is 369 cm³/mol. The minimum absolute atomic E-state index is 0.0220. The summed E-state index contributed by atoms with van der Waals surface area (Å²) in [6.45, 7) is 95.2. The van der Waals surface area contributed by atoms with Crippen LogP contribution < -0.4 is 0 Å². The van der Waals surface area contributed by atoms with Crippen LogP contribution in [0.25, 0.3) is 0 Å². The maximum absolute atomic E-state index is 11.0. The molecule has 0 fully saturated rings. The maximum atomic E-state index is 11.0. The molecule has 0 aliphatic heterocycles. The topological polar surface area (TPSA) is 69.7 Å². The number of rotatable bonds is 21. The SMILES string of the molecule is CC(C)C(C)(C)C(C)C.CC(C)CC(C)(C)C(C)C.CC(C)CC(C)C.CC(C)OC(C)(C)C(C)C.CC(C)OC(C)C.CC(C)S(=O)(=O)C(C)C.CC(C)S(=O)C(C)C.CC(C)SC(C)(C)C(C)C.CC(C)SC(C)C. The van der Waals surface area contributed by atoms with E-state index in [4.69, 9.17) is 9.47 Å². The quantitative estimate of drug-likeness (QED) is 0.113. The van der Waals surface area contributed by atoms with Crippen molar-refractivity contribution in [3.8, 4) is 0 Å². The van der Waals surface area contributed by atoms with Gasteiger partial charge in [-0.1, -0.05) is 222 Å². The van der Waals surface area contributed by atoms with Gasteiger partial charge in [0.1, 0.15) is 0 Å². The molecular weight excluding hydrogens is 1030 g/mol. The molecule has 0 atom stereocenters. The van der Waals surface area contributed by atoms with Gasteiger partial charge in [-0.25, -0.2) is 8.42 Å². The van der Waals surface area contributed by atoms with Gasteiger partial charge in [0.15, 0.2) is 9.84 Å². The molecular formula is C68H154O5S4. The Balaban J connectivity index is -0.0000000968. The Morgan fingerprint density at radius 2 is 0.714 bits per heavy atom. The number of sulfone groups is 1. The van der Waals surface area contributed by atoms with Gasteiger partial charge < -0.3 is 9.47 Å². The van der Waals surface area contributed by atoms with Crippen LogP contribution >= 0.6 is 23.5 Å². The van der Waals surface area contributed by atoms with Crippen LogP contribution in [0.4, 0.5) is 0 Å². The summed E-state index contributed by atoms with van der Waals surface area (Å²) in [5, 5.41) is 2.48. The van der Waals surface area contributed by atoms with Gasteiger partial charge in [-0.15, -0.1) is 0 Å². The second-order valence-corrected chi connectivity index (χ2v) is 39.3. The van der Waals surface area contributed by atoms with Gasteiger partial charge in [-0.2, -0.15) is 23.5 Å². The zero-order chi connectivity index (χ0) is 64.7. The minimum atomic E-state index is -2.81. The second-order valence-electron chi connectivity index (χ2n) is 29.3. The zero-order valence-electron chi connectivity index (χ0n) is 61.5. The molecule has 0 aliphatic carbocycles. The van der Waals surface area contributed by atoms with Crippen LogP contribution in [0.2, 0.25) is 0 Å². The molecule has 0 bridgehead atoms. The van der Waals surface area contributed by atoms with Crippen LogP contribution in [0.1, 0.15) is 317 Å². The van der Waals surface area contributed by atoms with Gasteiger partial charge in [-0.3, -0.25) is 4.21 Å². The van der Waals surface area contributed by atoms with Gasteiger partial charge in [0.2, 0.25) is 0 Å². The Morgan fingerprint density at radius 3 is 0.753 bits per heavy atom. The summed E-state index contributed by atoms with van der Waals surface area (Å²) in [7, 11) is -3.44. The molecule has 0 aromatic carbocycles. The third-order valence-electron chi connectivity index (χ3n) is 13.6. The first-order valence-corrected chi connectivity index (χ1v) is 35.8. The highest BCUT2D eigenvalue weighted by atomic mass is 32.2. The molecule has 0 unspecified atom stereocenters. The second kappa shape index (κ2) is 50.1. The van der Waals surface area contributed by atoms with Crippen LogP contribution in [0.3, 0.4) is 0 Å². The van der Waals surface area contributed by atoms with Crippen LogP contribution in [0, 0.1) is 58.2 Å². The average Bonchev–Trinajstić information content (AvgIpc) is 3.16. The highest BCUT2D eigenvalue weighted by Gasteiger charge is 2.27. The molecule has 5 nitrogen and oxygen atoms in total. The molecule has 0 spiro atoms. The van der Waals surface area contributed by atoms with E-state index in [-0.39, 0.29) is 16.1 Å². The molecule has 0 N–H and O–H groups in total. The molecule has 0 saturated heterocycles. The normalized spacial score (nSPS) is 12.5. The van der Waals surface area contributed by atoms with Crippen LogP contribution in [-0.4, -0.2) is 78.0 Å². The standard InChI is InChI=1S/C10H22.C9H20O.C9H20S.C9H20.C7H16.C6H14O2S.C6H14OS.C6H14O.C6H14S/c1-8(2)7-10(5,6)9(3)4;2*1-7(2)9(5,6)10-8(3)4;1-7(2)9(5,6)8(3)4;1-6(2)5-7(3)4;1-5(2)9(7,8)6(3)4;1-5(2)8(7)6(3)4;2*1-5(2)7-6(3)4/h8-9H,7H2,1-6H3;2*7-8H,1-6H3;7-8H,1-6H3;6-7H,5H2,1-4H3;5-6H,1-4H3;5-6H,1-4H3;2*5-6H,1-4H3. The van der Waals surface area contributed by atoms with E-state index in [1.54, 1.807) is 27.7 Å². The smallest absolute Gasteiger partial charge is 0.154 e. The van der Waals surface area contributed by atoms with E-state index in [9.17, 15) is 12.6 Å². The zero-order valence-corrected chi connectivity index (χ0v) is 64.7. The third-order valence-corrected chi connectivity index (χ3v) is 20.7. The van der Waals surface area contributed by atoms with Crippen molar-refractivity contribution in [2.45, 2.75) is 383 Å². The molecule has 0 saturated carbocycles. The molecule has 0 rings (SSSR count). The van der Waals surface area contributed by atoms with Crippen molar-refractivity contribution >= 4 is 44.2 Å². The molecule has 480 valence electrons. The summed E-state index contributed by atoms with van der Waals surface area (Å²) in [6.07, 6.45) is 3.78. The lowest BCUT2D eigenvalue weighted by Crippen LogP contribution is -2.33. The fourth-order valence-corrected chi connectivity index (χ4v) is 11.3. The Kier molecular flexibility index (Phi) is 63.0. The Hall–Kier alpha value is 0.720. The van der Waals surface area contributed by atoms with E-state index in [0.29, 0.717) is 50.3 Å². The largest absolute Gasteiger partial charge is 0.376 e. The Bertz CT molecular complexity index is 1230. The summed E-state index contributed by atoms with van der Waals surface area (Å²) < 4.78 is 44.4. The number of thioether (sulfide) groups is 2. The van der Waals surface area contributed by atoms with E-state index in [1.807, 2.05) is 67.2 Å². The summed E-state index contributed by atoms with van der Waals surface area (Å²) in [5.74, 6) is 6.30. The predicted octanol–water partition coefficient (Wildman–Crippen LogP) is 23.3. The van der Waals surface area contributed by atoms with Gasteiger partial charge in [0.05, 0.1) is 34.4 Å². The highest BCUT2D eigenvalue weighted by Crippen LogP contribution is 2.36. The van der Waals surface area contributed by atoms with Crippen LogP contribution in [-0.2, 0) is 30.1 Å². The summed E-state index contributed by atoms with van der Waals surface area (Å²) in [4.78, 5) is 0. The van der Waals surface area contributed by atoms with Crippen molar-refractivity contribution in [2.24, 2.45) is 58.2 Å². The first-order chi connectivity index (χ1) is 33.8. The summed E-state index contributed by atoms with van der Waals surface area (Å²) in [5.41, 5.74) is 1.04.